The number of likely N-dealkylation sites (tertiary alicyclic amines) is 1. The zero-order valence-electron chi connectivity index (χ0n) is 13.6. The van der Waals surface area contributed by atoms with Crippen LogP contribution in [0.1, 0.15) is 23.2 Å². The second kappa shape index (κ2) is 7.42. The van der Waals surface area contributed by atoms with Crippen LogP contribution < -0.4 is 9.47 Å². The summed E-state index contributed by atoms with van der Waals surface area (Å²) in [4.78, 5) is 14.0. The summed E-state index contributed by atoms with van der Waals surface area (Å²) in [6, 6.07) is 6.19. The van der Waals surface area contributed by atoms with Gasteiger partial charge in [0.15, 0.2) is 0 Å². The number of rotatable bonds is 4. The van der Waals surface area contributed by atoms with Gasteiger partial charge in [-0.1, -0.05) is 0 Å². The maximum atomic E-state index is 13.8. The Hall–Kier alpha value is -2.77. The summed E-state index contributed by atoms with van der Waals surface area (Å²) in [7, 11) is 1.49. The molecule has 1 saturated heterocycles. The molecule has 3 rings (SSSR count). The van der Waals surface area contributed by atoms with E-state index in [1.54, 1.807) is 12.1 Å². The van der Waals surface area contributed by atoms with Crippen molar-refractivity contribution < 1.29 is 23.0 Å². The second-order valence-electron chi connectivity index (χ2n) is 5.67. The molecule has 1 atom stereocenters. The minimum atomic E-state index is -0.867. The lowest BCUT2D eigenvalue weighted by Crippen LogP contribution is -2.44. The summed E-state index contributed by atoms with van der Waals surface area (Å²) in [5.41, 5.74) is -0.147. The predicted octanol–water partition coefficient (Wildman–Crippen LogP) is 2.45. The molecule has 2 aromatic rings. The average molecular weight is 349 g/mol. The molecule has 25 heavy (non-hydrogen) atoms. The monoisotopic (exact) mass is 349 g/mol. The third kappa shape index (κ3) is 4.01. The van der Waals surface area contributed by atoms with Crippen molar-refractivity contribution in [1.82, 2.24) is 15.1 Å². The van der Waals surface area contributed by atoms with Crippen LogP contribution in [0.15, 0.2) is 30.3 Å². The highest BCUT2D eigenvalue weighted by Crippen LogP contribution is 2.20. The van der Waals surface area contributed by atoms with Gasteiger partial charge in [-0.2, -0.15) is 0 Å². The van der Waals surface area contributed by atoms with Crippen LogP contribution in [0.2, 0.25) is 0 Å². The summed E-state index contributed by atoms with van der Waals surface area (Å²) in [6.07, 6.45) is 1.18. The summed E-state index contributed by atoms with van der Waals surface area (Å²) in [6.45, 7) is 0.785. The van der Waals surface area contributed by atoms with Gasteiger partial charge < -0.3 is 14.4 Å². The van der Waals surface area contributed by atoms with Crippen LogP contribution in [0.4, 0.5) is 8.78 Å². The molecule has 8 heteroatoms. The van der Waals surface area contributed by atoms with E-state index in [4.69, 9.17) is 9.47 Å². The Morgan fingerprint density at radius 1 is 1.20 bits per heavy atom. The van der Waals surface area contributed by atoms with Crippen molar-refractivity contribution >= 4 is 5.91 Å². The summed E-state index contributed by atoms with van der Waals surface area (Å²) in [5.74, 6) is -1.36. The number of benzene rings is 1. The molecule has 0 spiro atoms. The molecule has 2 heterocycles. The Morgan fingerprint density at radius 2 is 1.96 bits per heavy atom. The topological polar surface area (TPSA) is 64.6 Å². The van der Waals surface area contributed by atoms with Gasteiger partial charge in [-0.15, -0.1) is 10.2 Å². The molecule has 1 aromatic carbocycles. The van der Waals surface area contributed by atoms with E-state index in [2.05, 4.69) is 10.2 Å². The quantitative estimate of drug-likeness (QED) is 0.848. The molecule has 0 bridgehead atoms. The van der Waals surface area contributed by atoms with Gasteiger partial charge in [0.05, 0.1) is 19.2 Å². The van der Waals surface area contributed by atoms with Crippen LogP contribution in [-0.2, 0) is 0 Å². The van der Waals surface area contributed by atoms with E-state index < -0.39 is 17.5 Å². The number of carbonyl (C=O) groups excluding carboxylic acids is 1. The molecule has 0 saturated carbocycles. The number of methoxy groups -OCH3 is 1. The molecule has 1 aliphatic rings. The fraction of sp³-hybridized carbons (Fsp3) is 0.353. The number of amides is 1. The summed E-state index contributed by atoms with van der Waals surface area (Å²) >= 11 is 0. The van der Waals surface area contributed by atoms with Crippen LogP contribution >= 0.6 is 0 Å². The largest absolute Gasteiger partial charge is 0.480 e. The third-order valence-electron chi connectivity index (χ3n) is 3.94. The van der Waals surface area contributed by atoms with Crippen molar-refractivity contribution in [2.24, 2.45) is 0 Å². The lowest BCUT2D eigenvalue weighted by molar-refractivity contribution is 0.0521. The standard InChI is InChI=1S/C17H17F2N3O3/c1-24-15-6-7-16(21-20-15)25-12-3-2-8-22(10-12)17(23)13-5-4-11(18)9-14(13)19/h4-7,9,12H,2-3,8,10H2,1H3. The molecular weight excluding hydrogens is 332 g/mol. The summed E-state index contributed by atoms with van der Waals surface area (Å²) in [5, 5.41) is 7.71. The Balaban J connectivity index is 1.66. The molecule has 0 aliphatic carbocycles. The van der Waals surface area contributed by atoms with Crippen LogP contribution in [0, 0.1) is 11.6 Å². The normalized spacial score (nSPS) is 17.2. The Bertz CT molecular complexity index is 755. The van der Waals surface area contributed by atoms with E-state index in [9.17, 15) is 13.6 Å². The molecule has 132 valence electrons. The van der Waals surface area contributed by atoms with Crippen molar-refractivity contribution in [3.63, 3.8) is 0 Å². The number of halogens is 2. The fourth-order valence-electron chi connectivity index (χ4n) is 2.70. The number of piperidine rings is 1. The van der Waals surface area contributed by atoms with Crippen molar-refractivity contribution in [3.05, 3.63) is 47.5 Å². The third-order valence-corrected chi connectivity index (χ3v) is 3.94. The Morgan fingerprint density at radius 3 is 2.64 bits per heavy atom. The highest BCUT2D eigenvalue weighted by molar-refractivity contribution is 5.94. The molecular formula is C17H17F2N3O3. The molecule has 1 amide bonds. The number of carbonyl (C=O) groups is 1. The molecule has 6 nitrogen and oxygen atoms in total. The maximum absolute atomic E-state index is 13.8. The van der Waals surface area contributed by atoms with Gasteiger partial charge in [0.1, 0.15) is 17.7 Å². The van der Waals surface area contributed by atoms with Gasteiger partial charge in [-0.05, 0) is 25.0 Å². The molecule has 0 N–H and O–H groups in total. The molecule has 0 radical (unpaired) electrons. The molecule has 1 fully saturated rings. The predicted molar refractivity (Wildman–Crippen MR) is 84.5 cm³/mol. The Labute approximate surface area is 143 Å². The van der Waals surface area contributed by atoms with Gasteiger partial charge in [0, 0.05) is 24.7 Å². The zero-order chi connectivity index (χ0) is 17.8. The number of hydrogen-bond donors (Lipinski definition) is 0. The first-order valence-corrected chi connectivity index (χ1v) is 7.85. The van der Waals surface area contributed by atoms with E-state index >= 15 is 0 Å². The molecule has 1 aliphatic heterocycles. The molecule has 1 aromatic heterocycles. The summed E-state index contributed by atoms with van der Waals surface area (Å²) < 4.78 is 37.5. The minimum absolute atomic E-state index is 0.147. The van der Waals surface area contributed by atoms with E-state index in [-0.39, 0.29) is 11.7 Å². The lowest BCUT2D eigenvalue weighted by atomic mass is 10.1. The van der Waals surface area contributed by atoms with Crippen molar-refractivity contribution in [3.8, 4) is 11.8 Å². The highest BCUT2D eigenvalue weighted by Gasteiger charge is 2.27. The smallest absolute Gasteiger partial charge is 0.256 e. The van der Waals surface area contributed by atoms with Crippen molar-refractivity contribution in [2.45, 2.75) is 18.9 Å². The zero-order valence-corrected chi connectivity index (χ0v) is 13.6. The van der Waals surface area contributed by atoms with Gasteiger partial charge in [0.25, 0.3) is 5.91 Å². The van der Waals surface area contributed by atoms with E-state index in [0.717, 1.165) is 18.6 Å². The van der Waals surface area contributed by atoms with Crippen LogP contribution in [0.3, 0.4) is 0 Å². The van der Waals surface area contributed by atoms with Crippen molar-refractivity contribution in [1.29, 1.82) is 0 Å². The molecule has 1 unspecified atom stereocenters. The van der Waals surface area contributed by atoms with Gasteiger partial charge in [0.2, 0.25) is 11.8 Å². The van der Waals surface area contributed by atoms with E-state index in [1.165, 1.54) is 12.0 Å². The van der Waals surface area contributed by atoms with Crippen LogP contribution in [-0.4, -0.2) is 47.3 Å². The van der Waals surface area contributed by atoms with Gasteiger partial charge in [-0.25, -0.2) is 8.78 Å². The number of hydrogen-bond acceptors (Lipinski definition) is 5. The first kappa shape index (κ1) is 17.1. The maximum Gasteiger partial charge on any atom is 0.256 e. The van der Waals surface area contributed by atoms with Gasteiger partial charge in [-0.3, -0.25) is 4.79 Å². The minimum Gasteiger partial charge on any atom is -0.480 e. The van der Waals surface area contributed by atoms with Crippen molar-refractivity contribution in [2.75, 3.05) is 20.2 Å². The first-order valence-electron chi connectivity index (χ1n) is 7.85. The first-order chi connectivity index (χ1) is 12.1. The van der Waals surface area contributed by atoms with Crippen LogP contribution in [0.25, 0.3) is 0 Å². The number of aromatic nitrogens is 2. The number of ether oxygens (including phenoxy) is 2. The van der Waals surface area contributed by atoms with Crippen LogP contribution in [0.5, 0.6) is 11.8 Å². The second-order valence-corrected chi connectivity index (χ2v) is 5.67. The van der Waals surface area contributed by atoms with E-state index in [1.807, 2.05) is 0 Å². The number of nitrogens with zero attached hydrogens (tertiary/aromatic N) is 3. The lowest BCUT2D eigenvalue weighted by Gasteiger charge is -2.32. The average Bonchev–Trinajstić information content (AvgIpc) is 2.62. The van der Waals surface area contributed by atoms with E-state index in [0.29, 0.717) is 37.3 Å². The SMILES string of the molecule is COc1ccc(OC2CCCN(C(=O)c3ccc(F)cc3F)C2)nn1. The van der Waals surface area contributed by atoms with Gasteiger partial charge >= 0.3 is 0 Å². The Kier molecular flexibility index (Phi) is 5.06. The highest BCUT2D eigenvalue weighted by atomic mass is 19.1. The fourth-order valence-corrected chi connectivity index (χ4v) is 2.70.